The van der Waals surface area contributed by atoms with Gasteiger partial charge in [0.15, 0.2) is 0 Å². The predicted octanol–water partition coefficient (Wildman–Crippen LogP) is 0.895. The number of nitrogens with one attached hydrogen (secondary N) is 1. The second-order valence-corrected chi connectivity index (χ2v) is 5.94. The summed E-state index contributed by atoms with van der Waals surface area (Å²) < 4.78 is 5.62. The minimum absolute atomic E-state index is 0.120. The Kier molecular flexibility index (Phi) is 4.74. The van der Waals surface area contributed by atoms with E-state index in [1.165, 1.54) is 11.3 Å². The van der Waals surface area contributed by atoms with Crippen LogP contribution in [0.15, 0.2) is 11.4 Å². The molecule has 0 unspecified atom stereocenters. The topological polar surface area (TPSA) is 84.7 Å². The van der Waals surface area contributed by atoms with E-state index in [2.05, 4.69) is 5.32 Å². The maximum Gasteiger partial charge on any atom is 0.251 e. The largest absolute Gasteiger partial charge is 0.373 e. The van der Waals surface area contributed by atoms with Gasteiger partial charge in [0.05, 0.1) is 24.3 Å². The number of nitrogens with two attached hydrogens (primary N) is 1. The Morgan fingerprint density at radius 1 is 1.45 bits per heavy atom. The van der Waals surface area contributed by atoms with Gasteiger partial charge in [-0.2, -0.15) is 0 Å². The molecular weight excluding hydrogens is 278 g/mol. The summed E-state index contributed by atoms with van der Waals surface area (Å²) in [6.45, 7) is 5.72. The first-order valence-corrected chi connectivity index (χ1v) is 7.38. The number of thiophene rings is 1. The molecule has 20 heavy (non-hydrogen) atoms. The van der Waals surface area contributed by atoms with E-state index in [1.54, 1.807) is 11.4 Å². The molecule has 7 heteroatoms. The molecule has 1 aliphatic heterocycles. The van der Waals surface area contributed by atoms with Crippen molar-refractivity contribution in [1.82, 2.24) is 4.90 Å². The van der Waals surface area contributed by atoms with E-state index >= 15 is 0 Å². The number of amides is 2. The number of carbonyl (C=O) groups excluding carboxylic acids is 2. The maximum absolute atomic E-state index is 12.0. The Morgan fingerprint density at radius 2 is 2.10 bits per heavy atom. The van der Waals surface area contributed by atoms with E-state index in [9.17, 15) is 9.59 Å². The van der Waals surface area contributed by atoms with E-state index in [-0.39, 0.29) is 24.7 Å². The van der Waals surface area contributed by atoms with Crippen molar-refractivity contribution in [2.45, 2.75) is 26.1 Å². The average Bonchev–Trinajstić information content (AvgIpc) is 2.75. The first kappa shape index (κ1) is 15.0. The number of anilines is 1. The van der Waals surface area contributed by atoms with E-state index in [0.717, 1.165) is 13.1 Å². The molecule has 0 aromatic carbocycles. The first-order chi connectivity index (χ1) is 9.45. The van der Waals surface area contributed by atoms with Gasteiger partial charge >= 0.3 is 0 Å². The number of morpholine rings is 1. The van der Waals surface area contributed by atoms with Crippen molar-refractivity contribution in [2.75, 3.05) is 25.0 Å². The third-order valence-electron chi connectivity index (χ3n) is 3.05. The van der Waals surface area contributed by atoms with Gasteiger partial charge in [0.1, 0.15) is 5.00 Å². The Balaban J connectivity index is 1.92. The molecule has 3 N–H and O–H groups in total. The molecule has 1 aromatic heterocycles. The molecule has 0 aliphatic carbocycles. The van der Waals surface area contributed by atoms with Gasteiger partial charge in [0.2, 0.25) is 5.91 Å². The van der Waals surface area contributed by atoms with E-state index in [4.69, 9.17) is 10.5 Å². The van der Waals surface area contributed by atoms with Crippen molar-refractivity contribution >= 4 is 28.2 Å². The smallest absolute Gasteiger partial charge is 0.251 e. The Hall–Kier alpha value is -1.44. The predicted molar refractivity (Wildman–Crippen MR) is 77.9 cm³/mol. The monoisotopic (exact) mass is 297 g/mol. The lowest BCUT2D eigenvalue weighted by atomic mass is 10.2. The van der Waals surface area contributed by atoms with Gasteiger partial charge in [-0.15, -0.1) is 11.3 Å². The molecule has 1 aromatic rings. The van der Waals surface area contributed by atoms with E-state index < -0.39 is 5.91 Å². The van der Waals surface area contributed by atoms with Crippen LogP contribution in [0.5, 0.6) is 0 Å². The van der Waals surface area contributed by atoms with Gasteiger partial charge in [-0.3, -0.25) is 14.5 Å². The zero-order valence-corrected chi connectivity index (χ0v) is 12.4. The second kappa shape index (κ2) is 6.34. The lowest BCUT2D eigenvalue weighted by Gasteiger charge is -2.34. The average molecular weight is 297 g/mol. The Bertz CT molecular complexity index is 493. The van der Waals surface area contributed by atoms with Crippen LogP contribution in [0.2, 0.25) is 0 Å². The van der Waals surface area contributed by atoms with Gasteiger partial charge in [-0.1, -0.05) is 0 Å². The summed E-state index contributed by atoms with van der Waals surface area (Å²) in [7, 11) is 0. The zero-order chi connectivity index (χ0) is 14.7. The number of carbonyl (C=O) groups is 2. The minimum atomic E-state index is -0.532. The van der Waals surface area contributed by atoms with Crippen LogP contribution in [0, 0.1) is 0 Å². The second-order valence-electron chi connectivity index (χ2n) is 5.03. The van der Waals surface area contributed by atoms with Crippen molar-refractivity contribution in [3.8, 4) is 0 Å². The van der Waals surface area contributed by atoms with Gasteiger partial charge in [0.25, 0.3) is 5.91 Å². The molecule has 0 saturated carbocycles. The van der Waals surface area contributed by atoms with E-state index in [1.807, 2.05) is 18.7 Å². The third kappa shape index (κ3) is 3.78. The lowest BCUT2D eigenvalue weighted by Crippen LogP contribution is -2.48. The molecule has 6 nitrogen and oxygen atoms in total. The first-order valence-electron chi connectivity index (χ1n) is 6.50. The van der Waals surface area contributed by atoms with Gasteiger partial charge in [0, 0.05) is 13.1 Å². The van der Waals surface area contributed by atoms with Gasteiger partial charge in [-0.05, 0) is 25.3 Å². The molecule has 0 bridgehead atoms. The summed E-state index contributed by atoms with van der Waals surface area (Å²) in [5, 5.41) is 4.99. The number of primary amides is 1. The Labute approximate surface area is 121 Å². The van der Waals surface area contributed by atoms with Crippen LogP contribution in [-0.4, -0.2) is 48.6 Å². The summed E-state index contributed by atoms with van der Waals surface area (Å²) in [5.41, 5.74) is 5.60. The molecule has 1 saturated heterocycles. The van der Waals surface area contributed by atoms with Crippen molar-refractivity contribution in [2.24, 2.45) is 5.73 Å². The van der Waals surface area contributed by atoms with Crippen molar-refractivity contribution in [3.63, 3.8) is 0 Å². The molecule has 2 heterocycles. The summed E-state index contributed by atoms with van der Waals surface area (Å²) >= 11 is 1.29. The number of hydrogen-bond donors (Lipinski definition) is 2. The highest BCUT2D eigenvalue weighted by Crippen LogP contribution is 2.22. The van der Waals surface area contributed by atoms with Crippen LogP contribution in [0.1, 0.15) is 24.2 Å². The fraction of sp³-hybridized carbons (Fsp3) is 0.538. The number of ether oxygens (including phenoxy) is 1. The van der Waals surface area contributed by atoms with Crippen LogP contribution in [0.3, 0.4) is 0 Å². The quantitative estimate of drug-likeness (QED) is 0.864. The summed E-state index contributed by atoms with van der Waals surface area (Å²) in [6.07, 6.45) is 0.240. The van der Waals surface area contributed by atoms with Crippen molar-refractivity contribution < 1.29 is 14.3 Å². The molecule has 0 spiro atoms. The molecule has 1 fully saturated rings. The molecule has 2 atom stereocenters. The summed E-state index contributed by atoms with van der Waals surface area (Å²) in [4.78, 5) is 25.3. The number of nitrogens with zero attached hydrogens (tertiary/aromatic N) is 1. The highest BCUT2D eigenvalue weighted by molar-refractivity contribution is 7.14. The fourth-order valence-electron chi connectivity index (χ4n) is 2.38. The molecule has 2 rings (SSSR count). The van der Waals surface area contributed by atoms with Gasteiger partial charge in [-0.25, -0.2) is 0 Å². The fourth-order valence-corrected chi connectivity index (χ4v) is 3.19. The summed E-state index contributed by atoms with van der Waals surface area (Å²) in [5.74, 6) is -0.675. The van der Waals surface area contributed by atoms with Crippen LogP contribution in [-0.2, 0) is 9.53 Å². The van der Waals surface area contributed by atoms with Crippen molar-refractivity contribution in [1.29, 1.82) is 0 Å². The minimum Gasteiger partial charge on any atom is -0.373 e. The number of rotatable bonds is 4. The highest BCUT2D eigenvalue weighted by atomic mass is 32.1. The van der Waals surface area contributed by atoms with Crippen molar-refractivity contribution in [3.05, 3.63) is 17.0 Å². The van der Waals surface area contributed by atoms with Crippen LogP contribution in [0.4, 0.5) is 5.00 Å². The molecule has 2 amide bonds. The zero-order valence-electron chi connectivity index (χ0n) is 11.6. The molecule has 0 radical (unpaired) electrons. The SMILES string of the molecule is C[C@@H]1CN(CC(=O)Nc2sccc2C(N)=O)C[C@@H](C)O1. The van der Waals surface area contributed by atoms with E-state index in [0.29, 0.717) is 10.6 Å². The standard InChI is InChI=1S/C13H19N3O3S/c1-8-5-16(6-9(2)19-8)7-11(17)15-13-10(12(14)18)3-4-20-13/h3-4,8-9H,5-7H2,1-2H3,(H2,14,18)(H,15,17)/t8-,9-/m1/s1. The number of hydrogen-bond acceptors (Lipinski definition) is 5. The van der Waals surface area contributed by atoms with Crippen LogP contribution >= 0.6 is 11.3 Å². The molecular formula is C13H19N3O3S. The van der Waals surface area contributed by atoms with Gasteiger partial charge < -0.3 is 15.8 Å². The molecule has 110 valence electrons. The summed E-state index contributed by atoms with van der Waals surface area (Å²) in [6, 6.07) is 1.61. The highest BCUT2D eigenvalue weighted by Gasteiger charge is 2.24. The molecule has 1 aliphatic rings. The normalized spacial score (nSPS) is 23.5. The van der Waals surface area contributed by atoms with Crippen LogP contribution < -0.4 is 11.1 Å². The van der Waals surface area contributed by atoms with Crippen LogP contribution in [0.25, 0.3) is 0 Å². The Morgan fingerprint density at radius 3 is 2.70 bits per heavy atom. The lowest BCUT2D eigenvalue weighted by molar-refractivity contribution is -0.121. The maximum atomic E-state index is 12.0. The third-order valence-corrected chi connectivity index (χ3v) is 3.88.